The lowest BCUT2D eigenvalue weighted by Gasteiger charge is -2.25. The van der Waals surface area contributed by atoms with E-state index in [9.17, 15) is 38.2 Å². The molecule has 45 heavy (non-hydrogen) atoms. The van der Waals surface area contributed by atoms with Crippen LogP contribution in [0.4, 0.5) is 17.1 Å². The van der Waals surface area contributed by atoms with Crippen molar-refractivity contribution in [1.29, 1.82) is 0 Å². The number of hydrogen-bond acceptors (Lipinski definition) is 10. The van der Waals surface area contributed by atoms with Crippen molar-refractivity contribution >= 4 is 49.7 Å². The lowest BCUT2D eigenvalue weighted by molar-refractivity contribution is -0.385. The Hall–Kier alpha value is -6.15. The molecule has 1 amide bonds. The summed E-state index contributed by atoms with van der Waals surface area (Å²) in [6.45, 7) is 0. The third-order valence-corrected chi connectivity index (χ3v) is 8.37. The molecule has 5 aromatic carbocycles. The van der Waals surface area contributed by atoms with Gasteiger partial charge in [0, 0.05) is 40.6 Å². The molecule has 0 unspecified atom stereocenters. The number of nitro benzene ring substituents is 2. The minimum Gasteiger partial charge on any atom is -0.497 e. The molecule has 0 aromatic heterocycles. The molecular formula is C31H21N3O10S. The Morgan fingerprint density at radius 2 is 1.29 bits per heavy atom. The van der Waals surface area contributed by atoms with Crippen molar-refractivity contribution in [1.82, 2.24) is 0 Å². The van der Waals surface area contributed by atoms with Gasteiger partial charge in [0.05, 0.1) is 33.1 Å². The summed E-state index contributed by atoms with van der Waals surface area (Å²) in [5, 5.41) is 23.0. The average Bonchev–Trinajstić information content (AvgIpc) is 3.05. The molecule has 0 N–H and O–H groups in total. The van der Waals surface area contributed by atoms with E-state index in [0.29, 0.717) is 10.1 Å². The Bertz CT molecular complexity index is 2100. The van der Waals surface area contributed by atoms with Gasteiger partial charge in [0.15, 0.2) is 0 Å². The predicted molar refractivity (Wildman–Crippen MR) is 162 cm³/mol. The standard InChI is InChI=1S/C31H21N3O10S/c1-43-24-12-14-25(15-13-24)45(41,42)32(30(35)20-6-4-8-22(18-20)33(37)38)28-16-17-29(27-11-3-2-10-26(27)28)44-31(36)21-7-5-9-23(19-21)34(39)40/h2-19H,1H3. The number of hydrogen-bond donors (Lipinski definition) is 0. The number of nitrogens with zero attached hydrogens (tertiary/aromatic N) is 3. The van der Waals surface area contributed by atoms with Crippen LogP contribution in [0.15, 0.2) is 114 Å². The molecule has 0 aliphatic carbocycles. The molecule has 0 radical (unpaired) electrons. The van der Waals surface area contributed by atoms with E-state index in [4.69, 9.17) is 9.47 Å². The van der Waals surface area contributed by atoms with Gasteiger partial charge in [-0.2, -0.15) is 4.31 Å². The van der Waals surface area contributed by atoms with Crippen molar-refractivity contribution in [3.63, 3.8) is 0 Å². The number of benzene rings is 5. The van der Waals surface area contributed by atoms with E-state index in [-0.39, 0.29) is 43.9 Å². The van der Waals surface area contributed by atoms with Gasteiger partial charge in [-0.05, 0) is 48.5 Å². The normalized spacial score (nSPS) is 11.0. The van der Waals surface area contributed by atoms with Crippen molar-refractivity contribution in [2.75, 3.05) is 11.4 Å². The predicted octanol–water partition coefficient (Wildman–Crippen LogP) is 5.92. The van der Waals surface area contributed by atoms with Gasteiger partial charge in [0.25, 0.3) is 27.3 Å². The number of carbonyl (C=O) groups is 2. The zero-order chi connectivity index (χ0) is 32.3. The van der Waals surface area contributed by atoms with Gasteiger partial charge in [-0.3, -0.25) is 25.0 Å². The van der Waals surface area contributed by atoms with Crippen molar-refractivity contribution < 1.29 is 37.3 Å². The highest BCUT2D eigenvalue weighted by Crippen LogP contribution is 2.38. The lowest BCUT2D eigenvalue weighted by Crippen LogP contribution is -2.37. The number of non-ortho nitro benzene ring substituents is 2. The number of sulfonamides is 1. The molecule has 5 rings (SSSR count). The fourth-order valence-corrected chi connectivity index (χ4v) is 5.93. The Morgan fingerprint density at radius 3 is 1.89 bits per heavy atom. The first-order chi connectivity index (χ1) is 21.5. The van der Waals surface area contributed by atoms with Crippen LogP contribution >= 0.6 is 0 Å². The van der Waals surface area contributed by atoms with Crippen LogP contribution in [0, 0.1) is 20.2 Å². The van der Waals surface area contributed by atoms with Crippen LogP contribution in [0.1, 0.15) is 20.7 Å². The van der Waals surface area contributed by atoms with Crippen LogP contribution in [0.25, 0.3) is 10.8 Å². The van der Waals surface area contributed by atoms with E-state index in [0.717, 1.165) is 12.1 Å². The Labute approximate surface area is 255 Å². The highest BCUT2D eigenvalue weighted by molar-refractivity contribution is 7.93. The van der Waals surface area contributed by atoms with Gasteiger partial charge >= 0.3 is 5.97 Å². The fourth-order valence-electron chi connectivity index (χ4n) is 4.50. The van der Waals surface area contributed by atoms with Crippen LogP contribution in [0.2, 0.25) is 0 Å². The van der Waals surface area contributed by atoms with Crippen LogP contribution < -0.4 is 13.8 Å². The lowest BCUT2D eigenvalue weighted by atomic mass is 10.1. The first-order valence-corrected chi connectivity index (χ1v) is 14.4. The molecule has 0 spiro atoms. The van der Waals surface area contributed by atoms with Crippen LogP contribution in [-0.4, -0.2) is 37.3 Å². The zero-order valence-corrected chi connectivity index (χ0v) is 24.0. The van der Waals surface area contributed by atoms with Crippen LogP contribution in [0.5, 0.6) is 11.5 Å². The fraction of sp³-hybridized carbons (Fsp3) is 0.0323. The topological polar surface area (TPSA) is 176 Å². The van der Waals surface area contributed by atoms with E-state index in [1.165, 1.54) is 92.0 Å². The van der Waals surface area contributed by atoms with Gasteiger partial charge in [-0.25, -0.2) is 13.2 Å². The Balaban J connectivity index is 1.66. The first-order valence-electron chi connectivity index (χ1n) is 13.0. The largest absolute Gasteiger partial charge is 0.497 e. The van der Waals surface area contributed by atoms with Crippen LogP contribution in [-0.2, 0) is 10.0 Å². The van der Waals surface area contributed by atoms with Crippen LogP contribution in [0.3, 0.4) is 0 Å². The summed E-state index contributed by atoms with van der Waals surface area (Å²) < 4.78 is 39.5. The number of nitro groups is 2. The summed E-state index contributed by atoms with van der Waals surface area (Å²) in [5.41, 5.74) is -1.24. The molecule has 14 heteroatoms. The Kier molecular flexibility index (Phi) is 8.23. The van der Waals surface area contributed by atoms with E-state index < -0.39 is 37.4 Å². The smallest absolute Gasteiger partial charge is 0.343 e. The summed E-state index contributed by atoms with van der Waals surface area (Å²) in [7, 11) is -3.25. The molecule has 13 nitrogen and oxygen atoms in total. The second kappa shape index (κ2) is 12.2. The molecule has 0 saturated carbocycles. The number of esters is 1. The molecule has 0 atom stereocenters. The number of fused-ring (bicyclic) bond motifs is 1. The number of anilines is 1. The van der Waals surface area contributed by atoms with Gasteiger partial charge in [0.1, 0.15) is 11.5 Å². The van der Waals surface area contributed by atoms with E-state index in [2.05, 4.69) is 0 Å². The highest BCUT2D eigenvalue weighted by atomic mass is 32.2. The van der Waals surface area contributed by atoms with E-state index in [1.54, 1.807) is 12.1 Å². The molecule has 0 aliphatic heterocycles. The molecule has 0 aliphatic rings. The summed E-state index contributed by atoms with van der Waals surface area (Å²) in [6.07, 6.45) is 0. The first kappa shape index (κ1) is 30.3. The highest BCUT2D eigenvalue weighted by Gasteiger charge is 2.34. The SMILES string of the molecule is COc1ccc(S(=O)(=O)N(C(=O)c2cccc([N+](=O)[O-])c2)c2ccc(OC(=O)c3cccc([N+](=O)[O-])c3)c3ccccc23)cc1. The summed E-state index contributed by atoms with van der Waals surface area (Å²) >= 11 is 0. The molecule has 0 heterocycles. The van der Waals surface area contributed by atoms with Crippen molar-refractivity contribution in [3.8, 4) is 11.5 Å². The zero-order valence-electron chi connectivity index (χ0n) is 23.2. The van der Waals surface area contributed by atoms with Gasteiger partial charge < -0.3 is 9.47 Å². The van der Waals surface area contributed by atoms with Crippen molar-refractivity contribution in [2.45, 2.75) is 4.90 Å². The molecule has 0 bridgehead atoms. The number of methoxy groups -OCH3 is 1. The third kappa shape index (κ3) is 6.03. The summed E-state index contributed by atoms with van der Waals surface area (Å²) in [6, 6.07) is 23.6. The van der Waals surface area contributed by atoms with Crippen molar-refractivity contribution in [2.24, 2.45) is 0 Å². The molecule has 0 saturated heterocycles. The van der Waals surface area contributed by atoms with Gasteiger partial charge in [-0.15, -0.1) is 0 Å². The number of rotatable bonds is 9. The maximum absolute atomic E-state index is 14.1. The second-order valence-electron chi connectivity index (χ2n) is 9.38. The molecular weight excluding hydrogens is 606 g/mol. The molecule has 0 fully saturated rings. The monoisotopic (exact) mass is 627 g/mol. The molecule has 5 aromatic rings. The van der Waals surface area contributed by atoms with Gasteiger partial charge in [-0.1, -0.05) is 36.4 Å². The quantitative estimate of drug-likeness (QED) is 0.0825. The van der Waals surface area contributed by atoms with Crippen molar-refractivity contribution in [3.05, 3.63) is 141 Å². The molecule has 226 valence electrons. The number of amides is 1. The number of carbonyl (C=O) groups excluding carboxylic acids is 2. The number of ether oxygens (including phenoxy) is 2. The minimum absolute atomic E-state index is 0.0181. The summed E-state index contributed by atoms with van der Waals surface area (Å²) in [5.74, 6) is -1.64. The Morgan fingerprint density at radius 1 is 0.711 bits per heavy atom. The maximum atomic E-state index is 14.1. The summed E-state index contributed by atoms with van der Waals surface area (Å²) in [4.78, 5) is 47.9. The minimum atomic E-state index is -4.66. The van der Waals surface area contributed by atoms with E-state index in [1.807, 2.05) is 0 Å². The third-order valence-electron chi connectivity index (χ3n) is 6.66. The van der Waals surface area contributed by atoms with Gasteiger partial charge in [0.2, 0.25) is 0 Å². The maximum Gasteiger partial charge on any atom is 0.343 e. The second-order valence-corrected chi connectivity index (χ2v) is 11.2. The average molecular weight is 628 g/mol. The van der Waals surface area contributed by atoms with E-state index >= 15 is 0 Å².